The van der Waals surface area contributed by atoms with Crippen molar-refractivity contribution in [1.82, 2.24) is 10.2 Å². The van der Waals surface area contributed by atoms with Gasteiger partial charge in [0, 0.05) is 24.2 Å². The number of halogens is 1. The topological polar surface area (TPSA) is 32.3 Å². The lowest BCUT2D eigenvalue weighted by atomic mass is 10.1. The molecule has 4 heteroatoms. The average Bonchev–Trinajstić information content (AvgIpc) is 3.04. The fourth-order valence-electron chi connectivity index (χ4n) is 3.04. The Morgan fingerprint density at radius 1 is 1.26 bits per heavy atom. The molecule has 1 heterocycles. The highest BCUT2D eigenvalue weighted by Crippen LogP contribution is 2.25. The second-order valence-electron chi connectivity index (χ2n) is 5.49. The molecule has 0 radical (unpaired) electrons. The molecule has 102 valence electrons. The molecule has 1 amide bonds. The van der Waals surface area contributed by atoms with Crippen LogP contribution in [0.25, 0.3) is 0 Å². The van der Waals surface area contributed by atoms with Crippen molar-refractivity contribution in [3.05, 3.63) is 34.3 Å². The highest BCUT2D eigenvalue weighted by Gasteiger charge is 2.23. The lowest BCUT2D eigenvalue weighted by Crippen LogP contribution is -2.40. The van der Waals surface area contributed by atoms with E-state index >= 15 is 0 Å². The Hall–Kier alpha value is -1.06. The maximum atomic E-state index is 12.0. The first-order valence-corrected chi connectivity index (χ1v) is 7.38. The van der Waals surface area contributed by atoms with Crippen molar-refractivity contribution in [2.24, 2.45) is 0 Å². The number of nitrogens with one attached hydrogen (secondary N) is 1. The van der Waals surface area contributed by atoms with Crippen molar-refractivity contribution in [1.29, 1.82) is 0 Å². The molecule has 19 heavy (non-hydrogen) atoms. The minimum absolute atomic E-state index is 0.242. The van der Waals surface area contributed by atoms with E-state index in [4.69, 9.17) is 11.6 Å². The third kappa shape index (κ3) is 2.93. The van der Waals surface area contributed by atoms with Gasteiger partial charge in [0.2, 0.25) is 5.91 Å². The van der Waals surface area contributed by atoms with Gasteiger partial charge in [-0.25, -0.2) is 0 Å². The van der Waals surface area contributed by atoms with Crippen LogP contribution in [0.15, 0.2) is 18.2 Å². The molecule has 1 aromatic rings. The highest BCUT2D eigenvalue weighted by molar-refractivity contribution is 6.30. The van der Waals surface area contributed by atoms with Crippen molar-refractivity contribution < 1.29 is 4.79 Å². The molecule has 0 bridgehead atoms. The highest BCUT2D eigenvalue weighted by atomic mass is 35.5. The molecular formula is C15H19ClN2O. The van der Waals surface area contributed by atoms with Crippen molar-refractivity contribution in [2.75, 3.05) is 19.6 Å². The third-order valence-electron chi connectivity index (χ3n) is 4.10. The van der Waals surface area contributed by atoms with Crippen LogP contribution in [0.4, 0.5) is 0 Å². The van der Waals surface area contributed by atoms with Crippen LogP contribution in [0.3, 0.4) is 0 Å². The molecule has 2 aliphatic rings. The number of likely N-dealkylation sites (tertiary alicyclic amines) is 1. The Labute approximate surface area is 118 Å². The largest absolute Gasteiger partial charge is 0.342 e. The fraction of sp³-hybridized carbons (Fsp3) is 0.533. The van der Waals surface area contributed by atoms with Gasteiger partial charge in [-0.15, -0.1) is 0 Å². The molecule has 3 rings (SSSR count). The van der Waals surface area contributed by atoms with Gasteiger partial charge < -0.3 is 10.2 Å². The Bertz CT molecular complexity index is 483. The van der Waals surface area contributed by atoms with Gasteiger partial charge in [-0.1, -0.05) is 17.7 Å². The number of nitrogens with zero attached hydrogens (tertiary/aromatic N) is 1. The van der Waals surface area contributed by atoms with E-state index in [2.05, 4.69) is 11.4 Å². The lowest BCUT2D eigenvalue weighted by molar-refractivity contribution is -0.129. The predicted molar refractivity (Wildman–Crippen MR) is 76.5 cm³/mol. The number of carbonyl (C=O) groups is 1. The van der Waals surface area contributed by atoms with Crippen LogP contribution in [-0.4, -0.2) is 36.5 Å². The van der Waals surface area contributed by atoms with Crippen LogP contribution in [0.5, 0.6) is 0 Å². The first-order valence-electron chi connectivity index (χ1n) is 7.01. The second kappa shape index (κ2) is 5.51. The SMILES string of the molecule is O=C(CNC1Cc2ccc(Cl)cc2C1)N1CCCC1. The Balaban J connectivity index is 1.51. The van der Waals surface area contributed by atoms with Crippen molar-refractivity contribution in [3.8, 4) is 0 Å². The quantitative estimate of drug-likeness (QED) is 0.917. The first-order chi connectivity index (χ1) is 9.22. The van der Waals surface area contributed by atoms with E-state index in [0.717, 1.165) is 43.8 Å². The van der Waals surface area contributed by atoms with Gasteiger partial charge in [0.25, 0.3) is 0 Å². The summed E-state index contributed by atoms with van der Waals surface area (Å²) in [5, 5.41) is 4.19. The van der Waals surface area contributed by atoms with E-state index in [1.54, 1.807) is 0 Å². The van der Waals surface area contributed by atoms with Gasteiger partial charge in [-0.3, -0.25) is 4.79 Å². The molecule has 0 saturated carbocycles. The summed E-state index contributed by atoms with van der Waals surface area (Å²) in [5.41, 5.74) is 2.68. The molecule has 1 aliphatic carbocycles. The fourth-order valence-corrected chi connectivity index (χ4v) is 3.24. The minimum atomic E-state index is 0.242. The summed E-state index contributed by atoms with van der Waals surface area (Å²) < 4.78 is 0. The number of hydrogen-bond acceptors (Lipinski definition) is 2. The number of amides is 1. The number of carbonyl (C=O) groups excluding carboxylic acids is 1. The third-order valence-corrected chi connectivity index (χ3v) is 4.34. The molecule has 1 aromatic carbocycles. The van der Waals surface area contributed by atoms with Gasteiger partial charge in [0.1, 0.15) is 0 Å². The predicted octanol–water partition coefficient (Wildman–Crippen LogP) is 2.02. The zero-order chi connectivity index (χ0) is 13.2. The molecule has 0 aromatic heterocycles. The zero-order valence-electron chi connectivity index (χ0n) is 11.0. The lowest BCUT2D eigenvalue weighted by Gasteiger charge is -2.17. The van der Waals surface area contributed by atoms with E-state index in [0.29, 0.717) is 12.6 Å². The standard InChI is InChI=1S/C15H19ClN2O/c16-13-4-3-11-8-14(9-12(11)7-13)17-10-15(19)18-5-1-2-6-18/h3-4,7,14,17H,1-2,5-6,8-10H2. The maximum Gasteiger partial charge on any atom is 0.236 e. The maximum absolute atomic E-state index is 12.0. The molecule has 1 atom stereocenters. The van der Waals surface area contributed by atoms with Gasteiger partial charge in [-0.2, -0.15) is 0 Å². The van der Waals surface area contributed by atoms with Crippen LogP contribution in [0, 0.1) is 0 Å². The number of benzene rings is 1. The molecule has 3 nitrogen and oxygen atoms in total. The van der Waals surface area contributed by atoms with Crippen LogP contribution >= 0.6 is 11.6 Å². The number of fused-ring (bicyclic) bond motifs is 1. The Morgan fingerprint density at radius 3 is 2.79 bits per heavy atom. The van der Waals surface area contributed by atoms with Gasteiger partial charge >= 0.3 is 0 Å². The Morgan fingerprint density at radius 2 is 2.00 bits per heavy atom. The van der Waals surface area contributed by atoms with E-state index < -0.39 is 0 Å². The van der Waals surface area contributed by atoms with Crippen LogP contribution in [0.2, 0.25) is 5.02 Å². The normalized spacial score (nSPS) is 21.7. The summed E-state index contributed by atoms with van der Waals surface area (Å²) in [6.07, 6.45) is 4.28. The summed E-state index contributed by atoms with van der Waals surface area (Å²) in [4.78, 5) is 13.9. The summed E-state index contributed by atoms with van der Waals surface area (Å²) in [6.45, 7) is 2.33. The summed E-state index contributed by atoms with van der Waals surface area (Å²) >= 11 is 6.00. The summed E-state index contributed by atoms with van der Waals surface area (Å²) in [6, 6.07) is 6.46. The van der Waals surface area contributed by atoms with Crippen LogP contribution < -0.4 is 5.32 Å². The van der Waals surface area contributed by atoms with E-state index in [-0.39, 0.29) is 5.91 Å². The van der Waals surface area contributed by atoms with Crippen molar-refractivity contribution >= 4 is 17.5 Å². The second-order valence-corrected chi connectivity index (χ2v) is 5.92. The molecule has 0 spiro atoms. The van der Waals surface area contributed by atoms with Gasteiger partial charge in [0.05, 0.1) is 6.54 Å². The number of hydrogen-bond donors (Lipinski definition) is 1. The molecule has 1 fully saturated rings. The summed E-state index contributed by atoms with van der Waals surface area (Å²) in [5.74, 6) is 0.242. The summed E-state index contributed by atoms with van der Waals surface area (Å²) in [7, 11) is 0. The molecule has 1 unspecified atom stereocenters. The van der Waals surface area contributed by atoms with Crippen molar-refractivity contribution in [3.63, 3.8) is 0 Å². The smallest absolute Gasteiger partial charge is 0.236 e. The van der Waals surface area contributed by atoms with E-state index in [1.807, 2.05) is 17.0 Å². The van der Waals surface area contributed by atoms with Gasteiger partial charge in [-0.05, 0) is 48.9 Å². The van der Waals surface area contributed by atoms with Crippen molar-refractivity contribution in [2.45, 2.75) is 31.7 Å². The van der Waals surface area contributed by atoms with Gasteiger partial charge in [0.15, 0.2) is 0 Å². The Kier molecular flexibility index (Phi) is 3.76. The molecule has 1 saturated heterocycles. The first kappa shape index (κ1) is 12.9. The molecule has 1 N–H and O–H groups in total. The van der Waals surface area contributed by atoms with Crippen LogP contribution in [-0.2, 0) is 17.6 Å². The van der Waals surface area contributed by atoms with E-state index in [1.165, 1.54) is 11.1 Å². The van der Waals surface area contributed by atoms with Crippen LogP contribution in [0.1, 0.15) is 24.0 Å². The molecular weight excluding hydrogens is 260 g/mol. The number of rotatable bonds is 3. The van der Waals surface area contributed by atoms with E-state index in [9.17, 15) is 4.79 Å². The minimum Gasteiger partial charge on any atom is -0.342 e. The monoisotopic (exact) mass is 278 g/mol. The zero-order valence-corrected chi connectivity index (χ0v) is 11.7. The average molecular weight is 279 g/mol. The molecule has 1 aliphatic heterocycles.